The van der Waals surface area contributed by atoms with Crippen LogP contribution in [0.4, 0.5) is 5.69 Å². The van der Waals surface area contributed by atoms with E-state index >= 15 is 0 Å². The Hall–Kier alpha value is -3.42. The fraction of sp³-hybridized carbons (Fsp3) is 0.250. The molecule has 0 radical (unpaired) electrons. The Balaban J connectivity index is 1.58. The van der Waals surface area contributed by atoms with Gasteiger partial charge >= 0.3 is 5.69 Å². The maximum Gasteiger partial charge on any atom is 0.310 e. The van der Waals surface area contributed by atoms with Crippen molar-refractivity contribution in [1.29, 1.82) is 0 Å². The zero-order valence-electron chi connectivity index (χ0n) is 17.3. The molecule has 0 aliphatic heterocycles. The van der Waals surface area contributed by atoms with Gasteiger partial charge in [-0.2, -0.15) is 0 Å². The van der Waals surface area contributed by atoms with Crippen LogP contribution < -0.4 is 14.8 Å². The lowest BCUT2D eigenvalue weighted by Crippen LogP contribution is -2.34. The van der Waals surface area contributed by atoms with Gasteiger partial charge in [-0.1, -0.05) is 48.5 Å². The van der Waals surface area contributed by atoms with E-state index in [-0.39, 0.29) is 30.6 Å². The molecule has 2 atom stereocenters. The van der Waals surface area contributed by atoms with Crippen molar-refractivity contribution in [2.75, 3.05) is 13.2 Å². The predicted molar refractivity (Wildman–Crippen MR) is 118 cm³/mol. The molecule has 0 saturated carbocycles. The van der Waals surface area contributed by atoms with Gasteiger partial charge in [-0.15, -0.1) is 0 Å². The highest BCUT2D eigenvalue weighted by Crippen LogP contribution is 2.31. The lowest BCUT2D eigenvalue weighted by Gasteiger charge is -2.18. The van der Waals surface area contributed by atoms with Gasteiger partial charge < -0.3 is 19.9 Å². The van der Waals surface area contributed by atoms with Crippen LogP contribution in [-0.2, 0) is 6.61 Å². The van der Waals surface area contributed by atoms with Crippen molar-refractivity contribution < 1.29 is 19.5 Å². The molecule has 0 heterocycles. The fourth-order valence-electron chi connectivity index (χ4n) is 2.97. The highest BCUT2D eigenvalue weighted by Gasteiger charge is 2.19. The summed E-state index contributed by atoms with van der Waals surface area (Å²) in [5.41, 5.74) is 1.30. The largest absolute Gasteiger partial charge is 0.492 e. The Morgan fingerprint density at radius 1 is 1.00 bits per heavy atom. The molecule has 7 heteroatoms. The maximum absolute atomic E-state index is 11.4. The van der Waals surface area contributed by atoms with Crippen LogP contribution in [0.2, 0.25) is 0 Å². The van der Waals surface area contributed by atoms with Crippen molar-refractivity contribution in [3.05, 3.63) is 100 Å². The summed E-state index contributed by atoms with van der Waals surface area (Å²) >= 11 is 0. The Morgan fingerprint density at radius 2 is 1.68 bits per heavy atom. The third-order valence-corrected chi connectivity index (χ3v) is 4.71. The lowest BCUT2D eigenvalue weighted by molar-refractivity contribution is -0.386. The predicted octanol–water partition coefficient (Wildman–Crippen LogP) is 4.26. The number of aliphatic hydroxyl groups excluding tert-OH is 1. The minimum Gasteiger partial charge on any atom is -0.492 e. The SMILES string of the molecule is C[C@@H](COc1ccccc1)NCC(O)c1ccc([N+](=O)[O-])c(OCc2ccccc2)c1. The average molecular weight is 422 g/mol. The van der Waals surface area contributed by atoms with Gasteiger partial charge in [0.1, 0.15) is 19.0 Å². The van der Waals surface area contributed by atoms with Crippen molar-refractivity contribution in [3.8, 4) is 11.5 Å². The summed E-state index contributed by atoms with van der Waals surface area (Å²) in [6.45, 7) is 2.88. The van der Waals surface area contributed by atoms with Crippen LogP contribution >= 0.6 is 0 Å². The summed E-state index contributed by atoms with van der Waals surface area (Å²) < 4.78 is 11.4. The third kappa shape index (κ3) is 6.80. The summed E-state index contributed by atoms with van der Waals surface area (Å²) in [5, 5.41) is 25.1. The zero-order valence-corrected chi connectivity index (χ0v) is 17.3. The second kappa shape index (κ2) is 11.1. The van der Waals surface area contributed by atoms with Crippen molar-refractivity contribution in [1.82, 2.24) is 5.32 Å². The number of para-hydroxylation sites is 1. The zero-order chi connectivity index (χ0) is 22.1. The Labute approximate surface area is 181 Å². The molecule has 0 spiro atoms. The number of hydrogen-bond acceptors (Lipinski definition) is 6. The molecule has 3 rings (SSSR count). The smallest absolute Gasteiger partial charge is 0.310 e. The summed E-state index contributed by atoms with van der Waals surface area (Å²) in [5.74, 6) is 0.915. The molecule has 0 aliphatic carbocycles. The number of aliphatic hydroxyl groups is 1. The molecule has 0 bridgehead atoms. The van der Waals surface area contributed by atoms with E-state index in [2.05, 4.69) is 5.32 Å². The van der Waals surface area contributed by atoms with Crippen LogP contribution in [0, 0.1) is 10.1 Å². The van der Waals surface area contributed by atoms with Gasteiger partial charge in [-0.05, 0) is 42.3 Å². The van der Waals surface area contributed by atoms with Gasteiger partial charge in [-0.25, -0.2) is 0 Å². The van der Waals surface area contributed by atoms with Gasteiger partial charge in [0.05, 0.1) is 11.0 Å². The van der Waals surface area contributed by atoms with E-state index < -0.39 is 11.0 Å². The fourth-order valence-corrected chi connectivity index (χ4v) is 2.97. The van der Waals surface area contributed by atoms with Crippen molar-refractivity contribution in [3.63, 3.8) is 0 Å². The van der Waals surface area contributed by atoms with Crippen LogP contribution in [0.3, 0.4) is 0 Å². The first kappa shape index (κ1) is 22.3. The van der Waals surface area contributed by atoms with Crippen LogP contribution in [0.5, 0.6) is 11.5 Å². The van der Waals surface area contributed by atoms with E-state index in [0.29, 0.717) is 12.2 Å². The minimum absolute atomic E-state index is 0.00158. The highest BCUT2D eigenvalue weighted by atomic mass is 16.6. The molecule has 3 aromatic rings. The monoisotopic (exact) mass is 422 g/mol. The molecule has 2 N–H and O–H groups in total. The molecule has 3 aromatic carbocycles. The molecule has 0 fully saturated rings. The Bertz CT molecular complexity index is 966. The van der Waals surface area contributed by atoms with E-state index in [1.54, 1.807) is 6.07 Å². The molecule has 0 aromatic heterocycles. The van der Waals surface area contributed by atoms with Crippen LogP contribution in [0.1, 0.15) is 24.2 Å². The van der Waals surface area contributed by atoms with Crippen molar-refractivity contribution in [2.24, 2.45) is 0 Å². The second-order valence-electron chi connectivity index (χ2n) is 7.21. The summed E-state index contributed by atoms with van der Waals surface area (Å²) in [4.78, 5) is 10.9. The molecule has 7 nitrogen and oxygen atoms in total. The first-order valence-corrected chi connectivity index (χ1v) is 10.1. The van der Waals surface area contributed by atoms with Gasteiger partial charge in [0.2, 0.25) is 0 Å². The normalized spacial score (nSPS) is 12.7. The quantitative estimate of drug-likeness (QED) is 0.354. The number of hydrogen-bond donors (Lipinski definition) is 2. The molecular weight excluding hydrogens is 396 g/mol. The van der Waals surface area contributed by atoms with Crippen LogP contribution in [-0.4, -0.2) is 29.2 Å². The van der Waals surface area contributed by atoms with E-state index in [1.807, 2.05) is 67.6 Å². The second-order valence-corrected chi connectivity index (χ2v) is 7.21. The molecule has 0 amide bonds. The Kier molecular flexibility index (Phi) is 7.98. The topological polar surface area (TPSA) is 93.9 Å². The van der Waals surface area contributed by atoms with Crippen molar-refractivity contribution in [2.45, 2.75) is 25.7 Å². The summed E-state index contributed by atoms with van der Waals surface area (Å²) in [6, 6.07) is 23.3. The van der Waals surface area contributed by atoms with Gasteiger partial charge in [-0.3, -0.25) is 10.1 Å². The van der Waals surface area contributed by atoms with Crippen LogP contribution in [0.25, 0.3) is 0 Å². The highest BCUT2D eigenvalue weighted by molar-refractivity contribution is 5.49. The summed E-state index contributed by atoms with van der Waals surface area (Å²) in [6.07, 6.45) is -0.848. The van der Waals surface area contributed by atoms with E-state index in [9.17, 15) is 15.2 Å². The third-order valence-electron chi connectivity index (χ3n) is 4.71. The van der Waals surface area contributed by atoms with Crippen LogP contribution in [0.15, 0.2) is 78.9 Å². The first-order valence-electron chi connectivity index (χ1n) is 10.1. The molecule has 0 saturated heterocycles. The maximum atomic E-state index is 11.4. The number of nitro benzene ring substituents is 1. The van der Waals surface area contributed by atoms with Gasteiger partial charge in [0.25, 0.3) is 0 Å². The Morgan fingerprint density at radius 3 is 2.35 bits per heavy atom. The number of nitrogens with one attached hydrogen (secondary N) is 1. The van der Waals surface area contributed by atoms with Gasteiger partial charge in [0, 0.05) is 18.7 Å². The number of nitro groups is 1. The average Bonchev–Trinajstić information content (AvgIpc) is 2.81. The van der Waals surface area contributed by atoms with Gasteiger partial charge in [0.15, 0.2) is 5.75 Å². The van der Waals surface area contributed by atoms with Crippen molar-refractivity contribution >= 4 is 5.69 Å². The molecule has 162 valence electrons. The number of ether oxygens (including phenoxy) is 2. The molecular formula is C24H26N2O5. The minimum atomic E-state index is -0.848. The molecule has 0 aliphatic rings. The summed E-state index contributed by atoms with van der Waals surface area (Å²) in [7, 11) is 0. The number of rotatable bonds is 11. The number of benzene rings is 3. The van der Waals surface area contributed by atoms with E-state index in [0.717, 1.165) is 11.3 Å². The van der Waals surface area contributed by atoms with E-state index in [4.69, 9.17) is 9.47 Å². The molecule has 31 heavy (non-hydrogen) atoms. The standard InChI is InChI=1S/C24H26N2O5/c1-18(16-30-21-10-6-3-7-11-21)25-15-23(27)20-12-13-22(26(28)29)24(14-20)31-17-19-8-4-2-5-9-19/h2-14,18,23,25,27H,15-17H2,1H3/t18-,23?/m0/s1. The van der Waals surface area contributed by atoms with E-state index in [1.165, 1.54) is 12.1 Å². The number of nitrogens with zero attached hydrogens (tertiary/aromatic N) is 1. The lowest BCUT2D eigenvalue weighted by atomic mass is 10.1. The molecule has 1 unspecified atom stereocenters. The first-order chi connectivity index (χ1) is 15.0.